The van der Waals surface area contributed by atoms with Crippen molar-refractivity contribution in [3.8, 4) is 0 Å². The second kappa shape index (κ2) is 8.49. The maximum Gasteiger partial charge on any atom is 0.246 e. The van der Waals surface area contributed by atoms with E-state index in [1.807, 2.05) is 19.3 Å². The first kappa shape index (κ1) is 21.0. The van der Waals surface area contributed by atoms with Gasteiger partial charge < -0.3 is 9.47 Å². The van der Waals surface area contributed by atoms with Gasteiger partial charge >= 0.3 is 0 Å². The quantitative estimate of drug-likeness (QED) is 0.720. The van der Waals surface area contributed by atoms with Crippen LogP contribution in [0.3, 0.4) is 0 Å². The van der Waals surface area contributed by atoms with Gasteiger partial charge in [-0.3, -0.25) is 9.69 Å². The summed E-state index contributed by atoms with van der Waals surface area (Å²) in [6.07, 6.45) is 4.10. The Morgan fingerprint density at radius 1 is 1.07 bits per heavy atom. The van der Waals surface area contributed by atoms with Crippen LogP contribution in [0.2, 0.25) is 0 Å². The number of halogens is 1. The fourth-order valence-electron chi connectivity index (χ4n) is 4.42. The Balaban J connectivity index is 1.37. The number of piperazine rings is 1. The number of carbonyl (C=O) groups is 1. The van der Waals surface area contributed by atoms with Gasteiger partial charge in [0.1, 0.15) is 10.7 Å². The van der Waals surface area contributed by atoms with Crippen LogP contribution in [0.5, 0.6) is 0 Å². The van der Waals surface area contributed by atoms with E-state index in [4.69, 9.17) is 0 Å². The molecule has 1 aromatic carbocycles. The molecular formula is C21H27FN4O3S. The first-order valence-corrected chi connectivity index (χ1v) is 11.7. The maximum absolute atomic E-state index is 14.0. The summed E-state index contributed by atoms with van der Waals surface area (Å²) in [5.41, 5.74) is 1.21. The van der Waals surface area contributed by atoms with Crippen LogP contribution in [0.1, 0.15) is 24.6 Å². The smallest absolute Gasteiger partial charge is 0.246 e. The zero-order chi connectivity index (χ0) is 21.3. The predicted molar refractivity (Wildman–Crippen MR) is 111 cm³/mol. The fraction of sp³-hybridized carbons (Fsp3) is 0.476. The number of aryl methyl sites for hydroxylation is 1. The van der Waals surface area contributed by atoms with Crippen molar-refractivity contribution in [3.05, 3.63) is 54.1 Å². The van der Waals surface area contributed by atoms with Crippen LogP contribution in [-0.4, -0.2) is 72.3 Å². The Morgan fingerprint density at radius 2 is 1.80 bits per heavy atom. The van der Waals surface area contributed by atoms with Gasteiger partial charge in [-0.2, -0.15) is 4.31 Å². The molecule has 2 saturated heterocycles. The van der Waals surface area contributed by atoms with Crippen molar-refractivity contribution >= 4 is 15.9 Å². The third kappa shape index (κ3) is 4.01. The molecule has 9 heteroatoms. The SMILES string of the molecule is Cn1cccc1[C@@H]1CCCN1CC(=O)N1CCN(S(=O)(=O)c2ccccc2F)CC1. The Bertz CT molecular complexity index is 1010. The summed E-state index contributed by atoms with van der Waals surface area (Å²) >= 11 is 0. The van der Waals surface area contributed by atoms with E-state index in [1.165, 1.54) is 28.2 Å². The van der Waals surface area contributed by atoms with E-state index in [2.05, 4.69) is 15.5 Å². The lowest BCUT2D eigenvalue weighted by atomic mass is 10.1. The van der Waals surface area contributed by atoms with Gasteiger partial charge in [0, 0.05) is 45.1 Å². The molecule has 1 atom stereocenters. The summed E-state index contributed by atoms with van der Waals surface area (Å²) in [7, 11) is -1.88. The largest absolute Gasteiger partial charge is 0.353 e. The molecule has 0 N–H and O–H groups in total. The molecule has 3 heterocycles. The first-order chi connectivity index (χ1) is 14.4. The highest BCUT2D eigenvalue weighted by Gasteiger charge is 2.34. The minimum absolute atomic E-state index is 0.0130. The number of hydrogen-bond acceptors (Lipinski definition) is 4. The molecule has 0 radical (unpaired) electrons. The standard InChI is InChI=1S/C21H27FN4O3S/c1-23-10-4-7-18(23)19-8-5-11-25(19)16-21(27)24-12-14-26(15-13-24)30(28,29)20-9-3-2-6-17(20)22/h2-4,6-7,9-10,19H,5,8,11-16H2,1H3/t19-/m0/s1. The Kier molecular flexibility index (Phi) is 5.95. The summed E-state index contributed by atoms with van der Waals surface area (Å²) in [4.78, 5) is 16.5. The monoisotopic (exact) mass is 434 g/mol. The van der Waals surface area contributed by atoms with Gasteiger partial charge in [-0.1, -0.05) is 12.1 Å². The van der Waals surface area contributed by atoms with E-state index in [0.717, 1.165) is 25.5 Å². The van der Waals surface area contributed by atoms with Crippen molar-refractivity contribution < 1.29 is 17.6 Å². The molecular weight excluding hydrogens is 407 g/mol. The highest BCUT2D eigenvalue weighted by atomic mass is 32.2. The number of amides is 1. The van der Waals surface area contributed by atoms with Crippen molar-refractivity contribution in [2.45, 2.75) is 23.8 Å². The van der Waals surface area contributed by atoms with Crippen LogP contribution in [-0.2, 0) is 21.9 Å². The molecule has 0 aliphatic carbocycles. The number of rotatable bonds is 5. The predicted octanol–water partition coefficient (Wildman–Crippen LogP) is 1.83. The molecule has 0 saturated carbocycles. The minimum atomic E-state index is -3.90. The van der Waals surface area contributed by atoms with Crippen LogP contribution < -0.4 is 0 Å². The molecule has 1 aromatic heterocycles. The van der Waals surface area contributed by atoms with E-state index >= 15 is 0 Å². The zero-order valence-electron chi connectivity index (χ0n) is 17.1. The zero-order valence-corrected chi connectivity index (χ0v) is 17.9. The Morgan fingerprint density at radius 3 is 2.47 bits per heavy atom. The molecule has 30 heavy (non-hydrogen) atoms. The van der Waals surface area contributed by atoms with E-state index in [-0.39, 0.29) is 29.9 Å². The number of aromatic nitrogens is 1. The van der Waals surface area contributed by atoms with Crippen LogP contribution >= 0.6 is 0 Å². The summed E-state index contributed by atoms with van der Waals surface area (Å²) in [5.74, 6) is -0.740. The van der Waals surface area contributed by atoms with Crippen LogP contribution in [0, 0.1) is 5.82 Å². The van der Waals surface area contributed by atoms with Gasteiger partial charge in [0.25, 0.3) is 0 Å². The lowest BCUT2D eigenvalue weighted by Gasteiger charge is -2.35. The Hall–Kier alpha value is -2.23. The normalized spacial score (nSPS) is 21.3. The number of nitrogens with zero attached hydrogens (tertiary/aromatic N) is 4. The van der Waals surface area contributed by atoms with Crippen molar-refractivity contribution in [1.82, 2.24) is 18.7 Å². The van der Waals surface area contributed by atoms with E-state index in [1.54, 1.807) is 4.90 Å². The summed E-state index contributed by atoms with van der Waals surface area (Å²) < 4.78 is 42.8. The van der Waals surface area contributed by atoms with Crippen molar-refractivity contribution in [3.63, 3.8) is 0 Å². The Labute approximate surface area is 176 Å². The maximum atomic E-state index is 14.0. The molecule has 162 valence electrons. The third-order valence-electron chi connectivity index (χ3n) is 6.07. The number of carbonyl (C=O) groups excluding carboxylic acids is 1. The lowest BCUT2D eigenvalue weighted by molar-refractivity contribution is -0.133. The minimum Gasteiger partial charge on any atom is -0.353 e. The molecule has 0 bridgehead atoms. The molecule has 2 aliphatic rings. The molecule has 2 fully saturated rings. The summed E-state index contributed by atoms with van der Waals surface area (Å²) in [6, 6.07) is 9.74. The average molecular weight is 435 g/mol. The highest BCUT2D eigenvalue weighted by molar-refractivity contribution is 7.89. The van der Waals surface area contributed by atoms with Gasteiger partial charge in [0.05, 0.1) is 12.6 Å². The molecule has 2 aliphatic heterocycles. The second-order valence-corrected chi connectivity index (χ2v) is 9.79. The highest BCUT2D eigenvalue weighted by Crippen LogP contribution is 2.31. The molecule has 0 unspecified atom stereocenters. The average Bonchev–Trinajstić information content (AvgIpc) is 3.36. The second-order valence-electron chi connectivity index (χ2n) is 7.89. The van der Waals surface area contributed by atoms with Crippen molar-refractivity contribution in [2.75, 3.05) is 39.3 Å². The van der Waals surface area contributed by atoms with Crippen LogP contribution in [0.15, 0.2) is 47.5 Å². The molecule has 7 nitrogen and oxygen atoms in total. The summed E-state index contributed by atoms with van der Waals surface area (Å²) in [5, 5.41) is 0. The number of sulfonamides is 1. The molecule has 2 aromatic rings. The number of benzene rings is 1. The molecule has 1 amide bonds. The first-order valence-electron chi connectivity index (χ1n) is 10.3. The summed E-state index contributed by atoms with van der Waals surface area (Å²) in [6.45, 7) is 2.18. The van der Waals surface area contributed by atoms with E-state index in [0.29, 0.717) is 19.6 Å². The lowest BCUT2D eigenvalue weighted by Crippen LogP contribution is -2.52. The number of likely N-dealkylation sites (tertiary alicyclic amines) is 1. The van der Waals surface area contributed by atoms with Gasteiger partial charge in [0.15, 0.2) is 0 Å². The fourth-order valence-corrected chi connectivity index (χ4v) is 5.90. The van der Waals surface area contributed by atoms with Crippen LogP contribution in [0.4, 0.5) is 4.39 Å². The van der Waals surface area contributed by atoms with Gasteiger partial charge in [-0.05, 0) is 43.7 Å². The molecule has 4 rings (SSSR count). The topological polar surface area (TPSA) is 65.9 Å². The van der Waals surface area contributed by atoms with Gasteiger partial charge in [-0.25, -0.2) is 12.8 Å². The van der Waals surface area contributed by atoms with Crippen molar-refractivity contribution in [1.29, 1.82) is 0 Å². The van der Waals surface area contributed by atoms with E-state index in [9.17, 15) is 17.6 Å². The molecule has 0 spiro atoms. The van der Waals surface area contributed by atoms with E-state index < -0.39 is 15.8 Å². The third-order valence-corrected chi connectivity index (χ3v) is 8.01. The van der Waals surface area contributed by atoms with Gasteiger partial charge in [0.2, 0.25) is 15.9 Å². The van der Waals surface area contributed by atoms with Crippen LogP contribution in [0.25, 0.3) is 0 Å². The number of hydrogen-bond donors (Lipinski definition) is 0. The van der Waals surface area contributed by atoms with Crippen molar-refractivity contribution in [2.24, 2.45) is 7.05 Å². The van der Waals surface area contributed by atoms with Gasteiger partial charge in [-0.15, -0.1) is 0 Å².